The van der Waals surface area contributed by atoms with E-state index in [1.807, 2.05) is 0 Å². The molecule has 0 spiro atoms. The maximum atomic E-state index is 12.4. The van der Waals surface area contributed by atoms with Crippen LogP contribution < -0.4 is 0 Å². The maximum absolute atomic E-state index is 12.4. The van der Waals surface area contributed by atoms with Crippen molar-refractivity contribution in [3.8, 4) is 0 Å². The van der Waals surface area contributed by atoms with Crippen LogP contribution in [0, 0.1) is 23.7 Å². The predicted octanol–water partition coefficient (Wildman–Crippen LogP) is 4.19. The molecule has 0 bridgehead atoms. The van der Waals surface area contributed by atoms with Crippen molar-refractivity contribution in [2.75, 3.05) is 7.11 Å². The Morgan fingerprint density at radius 3 is 2.17 bits per heavy atom. The molecule has 0 radical (unpaired) electrons. The fourth-order valence-corrected chi connectivity index (χ4v) is 6.45. The summed E-state index contributed by atoms with van der Waals surface area (Å²) in [6, 6.07) is 0. The van der Waals surface area contributed by atoms with E-state index in [1.165, 1.54) is 7.11 Å². The summed E-state index contributed by atoms with van der Waals surface area (Å²) in [7, 11) is -0.519. The molecular weight excluding hydrogens is 320 g/mol. The van der Waals surface area contributed by atoms with E-state index in [0.717, 1.165) is 12.8 Å². The summed E-state index contributed by atoms with van der Waals surface area (Å²) in [6.07, 6.45) is 2.51. The first-order valence-corrected chi connectivity index (χ1v) is 12.0. The fraction of sp³-hybridized carbons (Fsp3) is 0.895. The van der Waals surface area contributed by atoms with Crippen LogP contribution in [0.15, 0.2) is 0 Å². The molecule has 5 heteroatoms. The van der Waals surface area contributed by atoms with Crippen LogP contribution in [0.2, 0.25) is 18.1 Å². The highest BCUT2D eigenvalue weighted by molar-refractivity contribution is 6.74. The maximum Gasteiger partial charge on any atom is 0.309 e. The number of ketones is 1. The Balaban J connectivity index is 2.36. The third-order valence-electron chi connectivity index (χ3n) is 6.91. The third-order valence-corrected chi connectivity index (χ3v) is 11.5. The van der Waals surface area contributed by atoms with Crippen molar-refractivity contribution in [3.63, 3.8) is 0 Å². The Bertz CT molecular complexity index is 522. The van der Waals surface area contributed by atoms with Crippen LogP contribution in [-0.4, -0.2) is 32.8 Å². The van der Waals surface area contributed by atoms with Gasteiger partial charge in [0.15, 0.2) is 8.32 Å². The van der Waals surface area contributed by atoms with E-state index in [9.17, 15) is 9.59 Å². The molecule has 0 aliphatic heterocycles. The van der Waals surface area contributed by atoms with Gasteiger partial charge in [0.25, 0.3) is 0 Å². The molecule has 0 amide bonds. The number of fused-ring (bicyclic) bond motifs is 1. The molecule has 0 saturated heterocycles. The number of hydrogen-bond donors (Lipinski definition) is 0. The van der Waals surface area contributed by atoms with E-state index in [-0.39, 0.29) is 46.1 Å². The largest absolute Gasteiger partial charge is 0.469 e. The van der Waals surface area contributed by atoms with Crippen LogP contribution in [-0.2, 0) is 18.8 Å². The molecule has 4 nitrogen and oxygen atoms in total. The summed E-state index contributed by atoms with van der Waals surface area (Å²) in [5.74, 6) is 0.123. The van der Waals surface area contributed by atoms with Gasteiger partial charge in [-0.25, -0.2) is 0 Å². The minimum Gasteiger partial charge on any atom is -0.469 e. The summed E-state index contributed by atoms with van der Waals surface area (Å²) in [6.45, 7) is 15.0. The molecular formula is C19H34O4Si. The lowest BCUT2D eigenvalue weighted by atomic mass is 9.82. The Morgan fingerprint density at radius 2 is 1.71 bits per heavy atom. The monoisotopic (exact) mass is 354 g/mol. The van der Waals surface area contributed by atoms with Gasteiger partial charge in [-0.2, -0.15) is 0 Å². The minimum absolute atomic E-state index is 0.0241. The second-order valence-corrected chi connectivity index (χ2v) is 14.2. The number of esters is 1. The van der Waals surface area contributed by atoms with Crippen LogP contribution in [0.25, 0.3) is 0 Å². The Kier molecular flexibility index (Phi) is 5.11. The standard InChI is InChI=1S/C19H34O4Si/c1-12(20)13-9-10-15-16(13)14(17(21)22-6)11-19(15,5)23-24(7,8)18(2,3)4/h13-16H,9-11H2,1-8H3/t13-,14-,15+,16+,19+/m0/s1. The number of carbonyl (C=O) groups is 2. The molecule has 0 N–H and O–H groups in total. The van der Waals surface area contributed by atoms with Crippen LogP contribution in [0.4, 0.5) is 0 Å². The summed E-state index contributed by atoms with van der Waals surface area (Å²) in [5, 5.41) is 0.118. The van der Waals surface area contributed by atoms with Gasteiger partial charge in [-0.05, 0) is 63.1 Å². The van der Waals surface area contributed by atoms with Crippen LogP contribution in [0.5, 0.6) is 0 Å². The molecule has 0 aromatic carbocycles. The summed E-state index contributed by atoms with van der Waals surface area (Å²) < 4.78 is 11.9. The Morgan fingerprint density at radius 1 is 1.12 bits per heavy atom. The average Bonchev–Trinajstić information content (AvgIpc) is 2.97. The van der Waals surface area contributed by atoms with Crippen molar-refractivity contribution in [1.29, 1.82) is 0 Å². The third kappa shape index (κ3) is 3.21. The molecule has 0 aromatic rings. The molecule has 0 heterocycles. The molecule has 2 aliphatic carbocycles. The highest BCUT2D eigenvalue weighted by atomic mass is 28.4. The average molecular weight is 355 g/mol. The summed E-state index contributed by atoms with van der Waals surface area (Å²) in [4.78, 5) is 24.5. The number of carbonyl (C=O) groups excluding carboxylic acids is 2. The molecule has 0 aromatic heterocycles. The second-order valence-electron chi connectivity index (χ2n) is 9.49. The van der Waals surface area contributed by atoms with Crippen molar-refractivity contribution >= 4 is 20.1 Å². The first-order valence-electron chi connectivity index (χ1n) is 9.12. The van der Waals surface area contributed by atoms with Gasteiger partial charge < -0.3 is 9.16 Å². The topological polar surface area (TPSA) is 52.6 Å². The lowest BCUT2D eigenvalue weighted by molar-refractivity contribution is -0.148. The number of rotatable bonds is 4. The molecule has 2 fully saturated rings. The van der Waals surface area contributed by atoms with E-state index >= 15 is 0 Å². The molecule has 138 valence electrons. The van der Waals surface area contributed by atoms with Gasteiger partial charge >= 0.3 is 5.97 Å². The molecule has 5 atom stereocenters. The van der Waals surface area contributed by atoms with Crippen molar-refractivity contribution in [3.05, 3.63) is 0 Å². The lowest BCUT2D eigenvalue weighted by Gasteiger charge is -2.45. The zero-order valence-electron chi connectivity index (χ0n) is 16.6. The van der Waals surface area contributed by atoms with Crippen LogP contribution in [0.3, 0.4) is 0 Å². The zero-order valence-corrected chi connectivity index (χ0v) is 17.6. The fourth-order valence-electron chi connectivity index (χ4n) is 4.74. The first-order chi connectivity index (χ1) is 10.8. The van der Waals surface area contributed by atoms with Gasteiger partial charge in [0, 0.05) is 5.92 Å². The molecule has 24 heavy (non-hydrogen) atoms. The number of methoxy groups -OCH3 is 1. The molecule has 2 aliphatic rings. The van der Waals surface area contributed by atoms with Gasteiger partial charge in [0.1, 0.15) is 5.78 Å². The van der Waals surface area contributed by atoms with Gasteiger partial charge in [-0.3, -0.25) is 9.59 Å². The summed E-state index contributed by atoms with van der Waals surface area (Å²) >= 11 is 0. The van der Waals surface area contributed by atoms with E-state index in [2.05, 4.69) is 40.8 Å². The van der Waals surface area contributed by atoms with E-state index in [1.54, 1.807) is 6.92 Å². The zero-order chi connectivity index (χ0) is 18.5. The van der Waals surface area contributed by atoms with Crippen molar-refractivity contribution < 1.29 is 18.8 Å². The van der Waals surface area contributed by atoms with Crippen molar-refractivity contribution in [2.45, 2.75) is 77.6 Å². The molecule has 0 unspecified atom stereocenters. The van der Waals surface area contributed by atoms with E-state index in [0.29, 0.717) is 6.42 Å². The first kappa shape index (κ1) is 19.6. The van der Waals surface area contributed by atoms with Gasteiger partial charge in [-0.1, -0.05) is 20.8 Å². The SMILES string of the molecule is COC(=O)[C@H]1C[C@@](C)(O[Si](C)(C)C(C)(C)C)[C@@H]2CC[C@@H](C(C)=O)[C@H]12. The number of ether oxygens (including phenoxy) is 1. The second kappa shape index (κ2) is 6.24. The van der Waals surface area contributed by atoms with Gasteiger partial charge in [0.05, 0.1) is 18.6 Å². The van der Waals surface area contributed by atoms with Crippen LogP contribution >= 0.6 is 0 Å². The smallest absolute Gasteiger partial charge is 0.309 e. The van der Waals surface area contributed by atoms with Crippen molar-refractivity contribution in [2.24, 2.45) is 23.7 Å². The lowest BCUT2D eigenvalue weighted by Crippen LogP contribution is -2.50. The van der Waals surface area contributed by atoms with Crippen molar-refractivity contribution in [1.82, 2.24) is 0 Å². The number of Topliss-reactive ketones (excluding diaryl/α,β-unsaturated/α-hetero) is 1. The summed E-state index contributed by atoms with van der Waals surface area (Å²) in [5.41, 5.74) is -0.337. The number of hydrogen-bond acceptors (Lipinski definition) is 4. The highest BCUT2D eigenvalue weighted by Gasteiger charge is 2.61. The Labute approximate surface area is 147 Å². The Hall–Kier alpha value is -0.683. The normalized spacial score (nSPS) is 36.5. The van der Waals surface area contributed by atoms with E-state index < -0.39 is 8.32 Å². The van der Waals surface area contributed by atoms with Crippen LogP contribution in [0.1, 0.15) is 53.9 Å². The van der Waals surface area contributed by atoms with Gasteiger partial charge in [-0.15, -0.1) is 0 Å². The predicted molar refractivity (Wildman–Crippen MR) is 97.2 cm³/mol. The van der Waals surface area contributed by atoms with Gasteiger partial charge in [0.2, 0.25) is 0 Å². The molecule has 2 rings (SSSR count). The minimum atomic E-state index is -1.96. The quantitative estimate of drug-likeness (QED) is 0.561. The van der Waals surface area contributed by atoms with E-state index in [4.69, 9.17) is 9.16 Å². The highest BCUT2D eigenvalue weighted by Crippen LogP contribution is 2.59. The molecule has 2 saturated carbocycles.